The van der Waals surface area contributed by atoms with Crippen molar-refractivity contribution in [3.63, 3.8) is 0 Å². The van der Waals surface area contributed by atoms with Crippen LogP contribution in [-0.4, -0.2) is 18.1 Å². The lowest BCUT2D eigenvalue weighted by molar-refractivity contribution is 0.143. The van der Waals surface area contributed by atoms with Crippen molar-refractivity contribution in [2.24, 2.45) is 5.92 Å². The van der Waals surface area contributed by atoms with Crippen LogP contribution in [0.5, 0.6) is 5.75 Å². The molecule has 2 heterocycles. The number of ether oxygens (including phenoxy) is 1. The van der Waals surface area contributed by atoms with Gasteiger partial charge in [-0.25, -0.2) is 4.98 Å². The Kier molecular flexibility index (Phi) is 3.92. The van der Waals surface area contributed by atoms with Crippen molar-refractivity contribution < 1.29 is 9.13 Å². The second-order valence-corrected chi connectivity index (χ2v) is 5.02. The summed E-state index contributed by atoms with van der Waals surface area (Å²) in [4.78, 5) is 3.56. The Morgan fingerprint density at radius 1 is 1.25 bits per heavy atom. The van der Waals surface area contributed by atoms with E-state index in [4.69, 9.17) is 4.74 Å². The predicted molar refractivity (Wildman–Crippen MR) is 75.0 cm³/mol. The molecule has 3 nitrogen and oxygen atoms in total. The van der Waals surface area contributed by atoms with Crippen molar-refractivity contribution in [3.8, 4) is 5.75 Å². The van der Waals surface area contributed by atoms with Crippen LogP contribution in [0.15, 0.2) is 48.7 Å². The number of pyridine rings is 1. The summed E-state index contributed by atoms with van der Waals surface area (Å²) in [5.41, 5.74) is 1.12. The first-order valence-corrected chi connectivity index (χ1v) is 6.87. The maximum atomic E-state index is 13.2. The lowest BCUT2D eigenvalue weighted by Gasteiger charge is -2.24. The highest BCUT2D eigenvalue weighted by Crippen LogP contribution is 2.31. The molecule has 20 heavy (non-hydrogen) atoms. The summed E-state index contributed by atoms with van der Waals surface area (Å²) in [6.07, 6.45) is 2.43. The van der Waals surface area contributed by atoms with E-state index < -0.39 is 5.95 Å². The van der Waals surface area contributed by atoms with Crippen LogP contribution in [0.25, 0.3) is 0 Å². The Hall–Kier alpha value is -1.94. The first-order chi connectivity index (χ1) is 9.83. The number of benzene rings is 1. The zero-order valence-corrected chi connectivity index (χ0v) is 11.1. The maximum Gasteiger partial charge on any atom is 0.216 e. The SMILES string of the molecule is Fc1cc(O[C@@H](c2ccccc2)[C@H]2CCNC2)ccn1. The van der Waals surface area contributed by atoms with E-state index in [9.17, 15) is 4.39 Å². The summed E-state index contributed by atoms with van der Waals surface area (Å²) < 4.78 is 19.2. The first kappa shape index (κ1) is 13.1. The minimum atomic E-state index is -0.515. The molecule has 1 aromatic carbocycles. The van der Waals surface area contributed by atoms with E-state index in [1.54, 1.807) is 6.07 Å². The molecule has 1 aliphatic heterocycles. The molecule has 3 rings (SSSR count). The average Bonchev–Trinajstić information content (AvgIpc) is 3.00. The highest BCUT2D eigenvalue weighted by Gasteiger charge is 2.28. The highest BCUT2D eigenvalue weighted by atomic mass is 19.1. The molecule has 0 bridgehead atoms. The van der Waals surface area contributed by atoms with Gasteiger partial charge in [-0.15, -0.1) is 0 Å². The minimum absolute atomic E-state index is 0.0620. The third kappa shape index (κ3) is 2.96. The van der Waals surface area contributed by atoms with Gasteiger partial charge in [0.15, 0.2) is 0 Å². The first-order valence-electron chi connectivity index (χ1n) is 6.87. The lowest BCUT2D eigenvalue weighted by Crippen LogP contribution is -2.21. The third-order valence-electron chi connectivity index (χ3n) is 3.62. The topological polar surface area (TPSA) is 34.1 Å². The molecule has 1 aliphatic rings. The fraction of sp³-hybridized carbons (Fsp3) is 0.312. The van der Waals surface area contributed by atoms with E-state index in [-0.39, 0.29) is 6.10 Å². The smallest absolute Gasteiger partial charge is 0.216 e. The van der Waals surface area contributed by atoms with E-state index in [0.717, 1.165) is 25.1 Å². The van der Waals surface area contributed by atoms with Crippen molar-refractivity contribution in [1.29, 1.82) is 0 Å². The molecule has 1 N–H and O–H groups in total. The van der Waals surface area contributed by atoms with E-state index >= 15 is 0 Å². The zero-order chi connectivity index (χ0) is 13.8. The van der Waals surface area contributed by atoms with Crippen molar-refractivity contribution in [2.45, 2.75) is 12.5 Å². The maximum absolute atomic E-state index is 13.2. The summed E-state index contributed by atoms with van der Waals surface area (Å²) in [6, 6.07) is 13.1. The van der Waals surface area contributed by atoms with E-state index in [1.165, 1.54) is 12.3 Å². The highest BCUT2D eigenvalue weighted by molar-refractivity contribution is 5.24. The van der Waals surface area contributed by atoms with Crippen LogP contribution in [0.1, 0.15) is 18.1 Å². The molecule has 2 atom stereocenters. The molecule has 0 saturated carbocycles. The monoisotopic (exact) mass is 272 g/mol. The summed E-state index contributed by atoms with van der Waals surface area (Å²) >= 11 is 0. The van der Waals surface area contributed by atoms with Crippen LogP contribution in [0.3, 0.4) is 0 Å². The van der Waals surface area contributed by atoms with Crippen molar-refractivity contribution in [2.75, 3.05) is 13.1 Å². The van der Waals surface area contributed by atoms with Gasteiger partial charge >= 0.3 is 0 Å². The molecule has 0 unspecified atom stereocenters. The van der Waals surface area contributed by atoms with E-state index in [0.29, 0.717) is 11.7 Å². The summed E-state index contributed by atoms with van der Waals surface area (Å²) in [5.74, 6) is 0.408. The molecule has 0 spiro atoms. The van der Waals surface area contributed by atoms with Gasteiger partial charge < -0.3 is 10.1 Å². The lowest BCUT2D eigenvalue weighted by atomic mass is 9.95. The largest absolute Gasteiger partial charge is 0.485 e. The van der Waals surface area contributed by atoms with Gasteiger partial charge in [-0.1, -0.05) is 30.3 Å². The van der Waals surface area contributed by atoms with Gasteiger partial charge in [0.1, 0.15) is 11.9 Å². The van der Waals surface area contributed by atoms with Crippen molar-refractivity contribution >= 4 is 0 Å². The van der Waals surface area contributed by atoms with Crippen molar-refractivity contribution in [1.82, 2.24) is 10.3 Å². The van der Waals surface area contributed by atoms with Gasteiger partial charge in [0.2, 0.25) is 5.95 Å². The van der Waals surface area contributed by atoms with E-state index in [1.807, 2.05) is 18.2 Å². The number of nitrogens with one attached hydrogen (secondary N) is 1. The van der Waals surface area contributed by atoms with Crippen LogP contribution in [0, 0.1) is 11.9 Å². The van der Waals surface area contributed by atoms with Crippen LogP contribution < -0.4 is 10.1 Å². The average molecular weight is 272 g/mol. The molecule has 0 amide bonds. The molecule has 2 aromatic rings. The molecule has 104 valence electrons. The molecule has 1 aromatic heterocycles. The van der Waals surface area contributed by atoms with Crippen LogP contribution in [0.2, 0.25) is 0 Å². The number of nitrogens with zero attached hydrogens (tertiary/aromatic N) is 1. The Morgan fingerprint density at radius 3 is 2.80 bits per heavy atom. The van der Waals surface area contributed by atoms with Crippen molar-refractivity contribution in [3.05, 3.63) is 60.2 Å². The molecular weight excluding hydrogens is 255 g/mol. The molecular formula is C16H17FN2O. The summed E-state index contributed by atoms with van der Waals surface area (Å²) in [5, 5.41) is 3.35. The summed E-state index contributed by atoms with van der Waals surface area (Å²) in [7, 11) is 0. The van der Waals surface area contributed by atoms with Gasteiger partial charge in [-0.05, 0) is 24.6 Å². The number of hydrogen-bond acceptors (Lipinski definition) is 3. The van der Waals surface area contributed by atoms with Gasteiger partial charge in [0.05, 0.1) is 0 Å². The van der Waals surface area contributed by atoms with Gasteiger partial charge in [-0.3, -0.25) is 0 Å². The summed E-state index contributed by atoms with van der Waals surface area (Å²) in [6.45, 7) is 1.93. The number of halogens is 1. The Balaban J connectivity index is 1.85. The van der Waals surface area contributed by atoms with Gasteiger partial charge in [0.25, 0.3) is 0 Å². The van der Waals surface area contributed by atoms with Crippen LogP contribution in [0.4, 0.5) is 4.39 Å². The molecule has 1 saturated heterocycles. The number of rotatable bonds is 4. The molecule has 1 fully saturated rings. The van der Waals surface area contributed by atoms with Crippen LogP contribution in [-0.2, 0) is 0 Å². The quantitative estimate of drug-likeness (QED) is 0.869. The number of hydrogen-bond donors (Lipinski definition) is 1. The normalized spacial score (nSPS) is 19.8. The van der Waals surface area contributed by atoms with Gasteiger partial charge in [0, 0.05) is 24.7 Å². The minimum Gasteiger partial charge on any atom is -0.485 e. The molecule has 0 radical (unpaired) electrons. The third-order valence-corrected chi connectivity index (χ3v) is 3.62. The molecule has 4 heteroatoms. The van der Waals surface area contributed by atoms with E-state index in [2.05, 4.69) is 22.4 Å². The fourth-order valence-corrected chi connectivity index (χ4v) is 2.62. The van der Waals surface area contributed by atoms with Gasteiger partial charge in [-0.2, -0.15) is 4.39 Å². The predicted octanol–water partition coefficient (Wildman–Crippen LogP) is 2.95. The van der Waals surface area contributed by atoms with Crippen LogP contribution >= 0.6 is 0 Å². The molecule has 0 aliphatic carbocycles. The Bertz CT molecular complexity index is 555. The Labute approximate surface area is 117 Å². The second kappa shape index (κ2) is 6.01. The zero-order valence-electron chi connectivity index (χ0n) is 11.1. The second-order valence-electron chi connectivity index (χ2n) is 5.02. The number of aromatic nitrogens is 1. The Morgan fingerprint density at radius 2 is 2.10 bits per heavy atom. The fourth-order valence-electron chi connectivity index (χ4n) is 2.62. The standard InChI is InChI=1S/C16H17FN2O/c17-15-10-14(7-9-19-15)20-16(13-6-8-18-11-13)12-4-2-1-3-5-12/h1-5,7,9-10,13,16,18H,6,8,11H2/t13-,16-/m0/s1.